The molecule has 2 aliphatic rings. The van der Waals surface area contributed by atoms with Crippen molar-refractivity contribution in [3.63, 3.8) is 0 Å². The van der Waals surface area contributed by atoms with Crippen LogP contribution in [0.1, 0.15) is 20.3 Å². The van der Waals surface area contributed by atoms with Crippen LogP contribution in [0, 0.1) is 11.3 Å². The van der Waals surface area contributed by atoms with E-state index in [-0.39, 0.29) is 23.6 Å². The first-order valence-electron chi connectivity index (χ1n) is 8.73. The molecule has 0 radical (unpaired) electrons. The summed E-state index contributed by atoms with van der Waals surface area (Å²) in [5, 5.41) is 6.09. The van der Waals surface area contributed by atoms with E-state index in [1.807, 2.05) is 42.1 Å². The number of benzene rings is 1. The van der Waals surface area contributed by atoms with Crippen LogP contribution in [0.15, 0.2) is 36.7 Å². The Balaban J connectivity index is 1.44. The highest BCUT2D eigenvalue weighted by Crippen LogP contribution is 2.52. The maximum absolute atomic E-state index is 12.5. The van der Waals surface area contributed by atoms with Gasteiger partial charge in [-0.1, -0.05) is 26.0 Å². The predicted molar refractivity (Wildman–Crippen MR) is 96.2 cm³/mol. The fourth-order valence-electron chi connectivity index (χ4n) is 4.31. The van der Waals surface area contributed by atoms with Gasteiger partial charge in [0.25, 0.3) is 0 Å². The number of fused-ring (bicyclic) bond motifs is 1. The molecule has 1 aliphatic carbocycles. The number of hydrogen-bond donors (Lipinski definition) is 2. The summed E-state index contributed by atoms with van der Waals surface area (Å²) < 4.78 is 7.74. The largest absolute Gasteiger partial charge is 0.377 e. The SMILES string of the molecule is Cn1ccnc1-c1cccc(NC(=O)NC2C3CCOC3C2(C)C)c1. The van der Waals surface area contributed by atoms with Crippen molar-refractivity contribution in [2.75, 3.05) is 11.9 Å². The van der Waals surface area contributed by atoms with Crippen LogP contribution in [0.4, 0.5) is 10.5 Å². The Bertz CT molecular complexity index is 798. The highest BCUT2D eigenvalue weighted by molar-refractivity contribution is 5.90. The Kier molecular flexibility index (Phi) is 3.80. The third-order valence-electron chi connectivity index (χ3n) is 5.59. The minimum Gasteiger partial charge on any atom is -0.377 e. The summed E-state index contributed by atoms with van der Waals surface area (Å²) in [6, 6.07) is 7.72. The van der Waals surface area contributed by atoms with Gasteiger partial charge in [-0.2, -0.15) is 0 Å². The van der Waals surface area contributed by atoms with Gasteiger partial charge in [0.1, 0.15) is 5.82 Å². The Morgan fingerprint density at radius 3 is 3.00 bits per heavy atom. The Hall–Kier alpha value is -2.34. The number of urea groups is 1. The topological polar surface area (TPSA) is 68.2 Å². The van der Waals surface area contributed by atoms with Crippen LogP contribution in [0.3, 0.4) is 0 Å². The first-order chi connectivity index (χ1) is 12.0. The number of imidazole rings is 1. The zero-order valence-electron chi connectivity index (χ0n) is 14.8. The Morgan fingerprint density at radius 1 is 1.40 bits per heavy atom. The van der Waals surface area contributed by atoms with Gasteiger partial charge in [-0.25, -0.2) is 9.78 Å². The fraction of sp³-hybridized carbons (Fsp3) is 0.474. The molecule has 2 fully saturated rings. The van der Waals surface area contributed by atoms with Gasteiger partial charge in [0.15, 0.2) is 0 Å². The molecule has 2 aromatic rings. The number of aryl methyl sites for hydroxylation is 1. The number of hydrogen-bond acceptors (Lipinski definition) is 3. The molecule has 1 aromatic carbocycles. The summed E-state index contributed by atoms with van der Waals surface area (Å²) in [5.41, 5.74) is 1.71. The van der Waals surface area contributed by atoms with Crippen LogP contribution in [0.25, 0.3) is 11.4 Å². The van der Waals surface area contributed by atoms with E-state index in [2.05, 4.69) is 29.5 Å². The summed E-state index contributed by atoms with van der Waals surface area (Å²) >= 11 is 0. The summed E-state index contributed by atoms with van der Waals surface area (Å²) in [4.78, 5) is 16.8. The number of rotatable bonds is 3. The molecule has 25 heavy (non-hydrogen) atoms. The minimum atomic E-state index is -0.166. The van der Waals surface area contributed by atoms with Crippen LogP contribution in [0.5, 0.6) is 0 Å². The molecule has 1 saturated heterocycles. The van der Waals surface area contributed by atoms with Crippen molar-refractivity contribution >= 4 is 11.7 Å². The van der Waals surface area contributed by atoms with Gasteiger partial charge < -0.3 is 19.9 Å². The number of nitrogens with zero attached hydrogens (tertiary/aromatic N) is 2. The van der Waals surface area contributed by atoms with Crippen LogP contribution < -0.4 is 10.6 Å². The Morgan fingerprint density at radius 2 is 2.24 bits per heavy atom. The molecule has 0 spiro atoms. The quantitative estimate of drug-likeness (QED) is 0.902. The van der Waals surface area contributed by atoms with Crippen molar-refractivity contribution in [1.29, 1.82) is 0 Å². The molecular weight excluding hydrogens is 316 g/mol. The van der Waals surface area contributed by atoms with E-state index in [0.29, 0.717) is 5.92 Å². The third kappa shape index (κ3) is 2.70. The lowest BCUT2D eigenvalue weighted by molar-refractivity contribution is -0.107. The highest BCUT2D eigenvalue weighted by atomic mass is 16.5. The maximum atomic E-state index is 12.5. The van der Waals surface area contributed by atoms with Gasteiger partial charge in [-0.05, 0) is 18.6 Å². The normalized spacial score (nSPS) is 26.6. The molecule has 2 amide bonds. The number of amides is 2. The number of aromatic nitrogens is 2. The number of carbonyl (C=O) groups excluding carboxylic acids is 1. The smallest absolute Gasteiger partial charge is 0.319 e. The van der Waals surface area contributed by atoms with Crippen LogP contribution >= 0.6 is 0 Å². The first kappa shape index (κ1) is 16.1. The minimum absolute atomic E-state index is 0.0205. The molecular formula is C19H24N4O2. The van der Waals surface area contributed by atoms with Gasteiger partial charge >= 0.3 is 6.03 Å². The predicted octanol–water partition coefficient (Wildman–Crippen LogP) is 3.02. The van der Waals surface area contributed by atoms with E-state index in [4.69, 9.17) is 4.74 Å². The van der Waals surface area contributed by atoms with Crippen molar-refractivity contribution in [3.05, 3.63) is 36.7 Å². The van der Waals surface area contributed by atoms with Crippen molar-refractivity contribution in [2.45, 2.75) is 32.4 Å². The van der Waals surface area contributed by atoms with Gasteiger partial charge in [0.2, 0.25) is 0 Å². The zero-order chi connectivity index (χ0) is 17.6. The first-order valence-corrected chi connectivity index (χ1v) is 8.73. The van der Waals surface area contributed by atoms with Crippen LogP contribution in [-0.2, 0) is 11.8 Å². The second-order valence-electron chi connectivity index (χ2n) is 7.58. The second-order valence-corrected chi connectivity index (χ2v) is 7.58. The molecule has 6 nitrogen and oxygen atoms in total. The molecule has 0 bridgehead atoms. The standard InChI is InChI=1S/C19H24N4O2/c1-19(2)15(14-7-10-25-16(14)19)22-18(24)21-13-6-4-5-12(11-13)17-20-8-9-23(17)3/h4-6,8-9,11,14-16H,7,10H2,1-3H3,(H2,21,22,24). The molecule has 2 heterocycles. The number of ether oxygens (including phenoxy) is 1. The number of carbonyl (C=O) groups is 1. The van der Waals surface area contributed by atoms with E-state index in [9.17, 15) is 4.79 Å². The average Bonchev–Trinajstić information content (AvgIpc) is 3.20. The lowest BCUT2D eigenvalue weighted by atomic mass is 9.57. The molecule has 6 heteroatoms. The van der Waals surface area contributed by atoms with Crippen molar-refractivity contribution < 1.29 is 9.53 Å². The maximum Gasteiger partial charge on any atom is 0.319 e. The van der Waals surface area contributed by atoms with Crippen molar-refractivity contribution in [2.24, 2.45) is 18.4 Å². The van der Waals surface area contributed by atoms with Gasteiger partial charge in [0.05, 0.1) is 6.10 Å². The number of nitrogens with one attached hydrogen (secondary N) is 2. The van der Waals surface area contributed by atoms with E-state index < -0.39 is 0 Å². The molecule has 2 N–H and O–H groups in total. The van der Waals surface area contributed by atoms with Crippen molar-refractivity contribution in [1.82, 2.24) is 14.9 Å². The molecule has 1 saturated carbocycles. The van der Waals surface area contributed by atoms with E-state index in [1.165, 1.54) is 0 Å². The van der Waals surface area contributed by atoms with Gasteiger partial charge in [-0.3, -0.25) is 0 Å². The molecule has 3 atom stereocenters. The lowest BCUT2D eigenvalue weighted by Gasteiger charge is -2.54. The number of anilines is 1. The van der Waals surface area contributed by atoms with Crippen LogP contribution in [-0.4, -0.2) is 34.3 Å². The molecule has 4 rings (SSSR count). The Labute approximate surface area is 147 Å². The van der Waals surface area contributed by atoms with Crippen LogP contribution in [0.2, 0.25) is 0 Å². The van der Waals surface area contributed by atoms with Crippen molar-refractivity contribution in [3.8, 4) is 11.4 Å². The third-order valence-corrected chi connectivity index (χ3v) is 5.59. The second kappa shape index (κ2) is 5.88. The van der Waals surface area contributed by atoms with Gasteiger partial charge in [0, 0.05) is 54.7 Å². The lowest BCUT2D eigenvalue weighted by Crippen LogP contribution is -2.67. The summed E-state index contributed by atoms with van der Waals surface area (Å²) in [5.74, 6) is 1.30. The van der Waals surface area contributed by atoms with E-state index in [0.717, 1.165) is 30.1 Å². The fourth-order valence-corrected chi connectivity index (χ4v) is 4.31. The molecule has 1 aromatic heterocycles. The average molecular weight is 340 g/mol. The molecule has 3 unspecified atom stereocenters. The monoisotopic (exact) mass is 340 g/mol. The molecule has 132 valence electrons. The van der Waals surface area contributed by atoms with Gasteiger partial charge in [-0.15, -0.1) is 0 Å². The van der Waals surface area contributed by atoms with E-state index in [1.54, 1.807) is 6.20 Å². The summed E-state index contributed by atoms with van der Waals surface area (Å²) in [6.45, 7) is 5.11. The highest BCUT2D eigenvalue weighted by Gasteiger charge is 2.59. The summed E-state index contributed by atoms with van der Waals surface area (Å²) in [6.07, 6.45) is 4.96. The zero-order valence-corrected chi connectivity index (χ0v) is 14.8. The summed E-state index contributed by atoms with van der Waals surface area (Å²) in [7, 11) is 1.95. The van der Waals surface area contributed by atoms with E-state index >= 15 is 0 Å². The molecule has 1 aliphatic heterocycles.